The second-order valence-corrected chi connectivity index (χ2v) is 5.78. The first-order valence-corrected chi connectivity index (χ1v) is 7.39. The van der Waals surface area contributed by atoms with Gasteiger partial charge in [-0.05, 0) is 41.1 Å². The number of benzene rings is 3. The molecule has 0 N–H and O–H groups in total. The van der Waals surface area contributed by atoms with Gasteiger partial charge in [0.25, 0.3) is 0 Å². The lowest BCUT2D eigenvalue weighted by Crippen LogP contribution is -2.20. The van der Waals surface area contributed by atoms with Crippen molar-refractivity contribution in [2.75, 3.05) is 0 Å². The van der Waals surface area contributed by atoms with Crippen LogP contribution in [0.1, 0.15) is 0 Å². The van der Waals surface area contributed by atoms with E-state index in [2.05, 4.69) is 6.07 Å². The molecule has 4 rings (SSSR count). The van der Waals surface area contributed by atoms with Gasteiger partial charge < -0.3 is 0 Å². The maximum Gasteiger partial charge on any atom is 0.333 e. The van der Waals surface area contributed by atoms with Gasteiger partial charge in [-0.1, -0.05) is 41.9 Å². The average Bonchev–Trinajstić information content (AvgIpc) is 2.78. The predicted octanol–water partition coefficient (Wildman–Crippen LogP) is 4.14. The SMILES string of the molecule is Cn1c(=O)n(-c2ccc3ccccc3c2)c2cc(Cl)ccc21. The molecular formula is C18H13ClN2O. The van der Waals surface area contributed by atoms with E-state index in [1.54, 1.807) is 22.2 Å². The molecule has 3 aromatic carbocycles. The summed E-state index contributed by atoms with van der Waals surface area (Å²) < 4.78 is 3.34. The predicted molar refractivity (Wildman–Crippen MR) is 91.0 cm³/mol. The van der Waals surface area contributed by atoms with Crippen LogP contribution in [-0.2, 0) is 7.05 Å². The van der Waals surface area contributed by atoms with Gasteiger partial charge in [-0.3, -0.25) is 9.13 Å². The largest absolute Gasteiger partial charge is 0.333 e. The number of hydrogen-bond donors (Lipinski definition) is 0. The molecule has 3 nitrogen and oxygen atoms in total. The van der Waals surface area contributed by atoms with Crippen LogP contribution in [0.15, 0.2) is 65.5 Å². The number of aryl methyl sites for hydroxylation is 1. The molecule has 0 aliphatic rings. The highest BCUT2D eigenvalue weighted by molar-refractivity contribution is 6.31. The molecule has 1 aromatic heterocycles. The van der Waals surface area contributed by atoms with Crippen molar-refractivity contribution in [2.45, 2.75) is 0 Å². The van der Waals surface area contributed by atoms with Crippen molar-refractivity contribution in [3.8, 4) is 5.69 Å². The Hall–Kier alpha value is -2.52. The molecule has 0 aliphatic heterocycles. The fourth-order valence-electron chi connectivity index (χ4n) is 2.88. The fourth-order valence-corrected chi connectivity index (χ4v) is 3.05. The number of halogens is 1. The fraction of sp³-hybridized carbons (Fsp3) is 0.0556. The topological polar surface area (TPSA) is 26.9 Å². The summed E-state index contributed by atoms with van der Waals surface area (Å²) in [6.07, 6.45) is 0. The minimum atomic E-state index is -0.0763. The van der Waals surface area contributed by atoms with E-state index in [1.807, 2.05) is 48.5 Å². The summed E-state index contributed by atoms with van der Waals surface area (Å²) in [5.74, 6) is 0. The Morgan fingerprint density at radius 2 is 1.64 bits per heavy atom. The molecule has 22 heavy (non-hydrogen) atoms. The summed E-state index contributed by atoms with van der Waals surface area (Å²) in [5.41, 5.74) is 2.45. The van der Waals surface area contributed by atoms with Gasteiger partial charge in [-0.15, -0.1) is 0 Å². The van der Waals surface area contributed by atoms with Crippen LogP contribution in [-0.4, -0.2) is 9.13 Å². The highest BCUT2D eigenvalue weighted by Crippen LogP contribution is 2.23. The lowest BCUT2D eigenvalue weighted by Gasteiger charge is -2.05. The molecule has 0 saturated heterocycles. The number of rotatable bonds is 1. The second-order valence-electron chi connectivity index (χ2n) is 5.34. The maximum absolute atomic E-state index is 12.6. The van der Waals surface area contributed by atoms with Gasteiger partial charge in [0.15, 0.2) is 0 Å². The van der Waals surface area contributed by atoms with Crippen LogP contribution in [0.5, 0.6) is 0 Å². The van der Waals surface area contributed by atoms with E-state index in [9.17, 15) is 4.79 Å². The van der Waals surface area contributed by atoms with Gasteiger partial charge in [0.2, 0.25) is 0 Å². The third-order valence-electron chi connectivity index (χ3n) is 4.01. The Balaban J connectivity index is 2.09. The molecule has 1 heterocycles. The zero-order valence-electron chi connectivity index (χ0n) is 12.0. The molecule has 4 heteroatoms. The summed E-state index contributed by atoms with van der Waals surface area (Å²) in [5, 5.41) is 2.87. The lowest BCUT2D eigenvalue weighted by molar-refractivity contribution is 0.847. The highest BCUT2D eigenvalue weighted by atomic mass is 35.5. The van der Waals surface area contributed by atoms with Crippen molar-refractivity contribution in [3.63, 3.8) is 0 Å². The standard InChI is InChI=1S/C18H13ClN2O/c1-20-16-9-7-14(19)11-17(16)21(18(20)22)15-8-6-12-4-2-3-5-13(12)10-15/h2-11H,1H3. The first-order valence-electron chi connectivity index (χ1n) is 7.01. The van der Waals surface area contributed by atoms with Crippen molar-refractivity contribution in [1.29, 1.82) is 0 Å². The van der Waals surface area contributed by atoms with Gasteiger partial charge >= 0.3 is 5.69 Å². The molecule has 0 bridgehead atoms. The lowest BCUT2D eigenvalue weighted by atomic mass is 10.1. The van der Waals surface area contributed by atoms with Crippen LogP contribution < -0.4 is 5.69 Å². The quantitative estimate of drug-likeness (QED) is 0.519. The van der Waals surface area contributed by atoms with Gasteiger partial charge in [0, 0.05) is 12.1 Å². The number of aromatic nitrogens is 2. The molecule has 0 radical (unpaired) electrons. The van der Waals surface area contributed by atoms with Gasteiger partial charge in [-0.25, -0.2) is 4.79 Å². The first kappa shape index (κ1) is 13.2. The molecule has 0 unspecified atom stereocenters. The third-order valence-corrected chi connectivity index (χ3v) is 4.24. The highest BCUT2D eigenvalue weighted by Gasteiger charge is 2.12. The summed E-state index contributed by atoms with van der Waals surface area (Å²) in [6, 6.07) is 19.6. The van der Waals surface area contributed by atoms with E-state index in [0.29, 0.717) is 5.02 Å². The van der Waals surface area contributed by atoms with Crippen molar-refractivity contribution in [3.05, 3.63) is 76.2 Å². The summed E-state index contributed by atoms with van der Waals surface area (Å²) in [6.45, 7) is 0. The molecule has 0 atom stereocenters. The van der Waals surface area contributed by atoms with Gasteiger partial charge in [0.05, 0.1) is 16.7 Å². The van der Waals surface area contributed by atoms with E-state index in [1.165, 1.54) is 0 Å². The van der Waals surface area contributed by atoms with Crippen LogP contribution in [0.25, 0.3) is 27.5 Å². The Morgan fingerprint density at radius 3 is 2.45 bits per heavy atom. The number of nitrogens with zero attached hydrogens (tertiary/aromatic N) is 2. The minimum Gasteiger partial charge on any atom is -0.295 e. The molecule has 0 saturated carbocycles. The van der Waals surface area contributed by atoms with Crippen LogP contribution in [0.2, 0.25) is 5.02 Å². The normalized spacial score (nSPS) is 11.4. The van der Waals surface area contributed by atoms with Crippen molar-refractivity contribution < 1.29 is 0 Å². The van der Waals surface area contributed by atoms with Crippen LogP contribution in [0, 0.1) is 0 Å². The maximum atomic E-state index is 12.6. The van der Waals surface area contributed by atoms with E-state index < -0.39 is 0 Å². The summed E-state index contributed by atoms with van der Waals surface area (Å²) in [4.78, 5) is 12.6. The van der Waals surface area contributed by atoms with Crippen molar-refractivity contribution in [1.82, 2.24) is 9.13 Å². The number of hydrogen-bond acceptors (Lipinski definition) is 1. The van der Waals surface area contributed by atoms with Crippen LogP contribution >= 0.6 is 11.6 Å². The van der Waals surface area contributed by atoms with Crippen LogP contribution in [0.4, 0.5) is 0 Å². The Kier molecular flexibility index (Phi) is 2.84. The molecule has 0 aliphatic carbocycles. The first-order chi connectivity index (χ1) is 10.6. The summed E-state index contributed by atoms with van der Waals surface area (Å²) >= 11 is 6.11. The molecule has 108 valence electrons. The molecule has 0 fully saturated rings. The van der Waals surface area contributed by atoms with E-state index >= 15 is 0 Å². The Labute approximate surface area is 132 Å². The van der Waals surface area contributed by atoms with Crippen molar-refractivity contribution in [2.24, 2.45) is 7.05 Å². The van der Waals surface area contributed by atoms with Gasteiger partial charge in [-0.2, -0.15) is 0 Å². The number of imidazole rings is 1. The summed E-state index contributed by atoms with van der Waals surface area (Å²) in [7, 11) is 1.77. The third kappa shape index (κ3) is 1.86. The Morgan fingerprint density at radius 1 is 0.864 bits per heavy atom. The second kappa shape index (κ2) is 4.75. The smallest absolute Gasteiger partial charge is 0.295 e. The zero-order valence-corrected chi connectivity index (χ0v) is 12.7. The van der Waals surface area contributed by atoms with Gasteiger partial charge in [0.1, 0.15) is 0 Å². The molecule has 4 aromatic rings. The Bertz CT molecular complexity index is 1080. The van der Waals surface area contributed by atoms with E-state index in [0.717, 1.165) is 27.5 Å². The zero-order chi connectivity index (χ0) is 15.3. The monoisotopic (exact) mass is 308 g/mol. The van der Waals surface area contributed by atoms with Crippen LogP contribution in [0.3, 0.4) is 0 Å². The molecule has 0 spiro atoms. The number of fused-ring (bicyclic) bond motifs is 2. The van der Waals surface area contributed by atoms with E-state index in [4.69, 9.17) is 11.6 Å². The average molecular weight is 309 g/mol. The molecular weight excluding hydrogens is 296 g/mol. The molecule has 0 amide bonds. The van der Waals surface area contributed by atoms with E-state index in [-0.39, 0.29) is 5.69 Å². The minimum absolute atomic E-state index is 0.0763. The van der Waals surface area contributed by atoms with Crippen molar-refractivity contribution >= 4 is 33.4 Å².